The first-order valence-corrected chi connectivity index (χ1v) is 33.0. The molecule has 3 unspecified atom stereocenters. The van der Waals surface area contributed by atoms with Crippen molar-refractivity contribution in [2.75, 3.05) is 40.9 Å². The molecule has 0 radical (unpaired) electrons. The Morgan fingerprint density at radius 2 is 0.808 bits per heavy atom. The first kappa shape index (κ1) is 71.5. The number of nitrogens with one attached hydrogen (secondary N) is 1. The van der Waals surface area contributed by atoms with E-state index in [1.165, 1.54) is 238 Å². The zero-order valence-electron chi connectivity index (χ0n) is 49.1. The number of carbonyl (C=O) groups excluding carboxylic acids is 1. The smallest absolute Gasteiger partial charge is 0.268 e. The quantitative estimate of drug-likeness (QED) is 0.0272. The number of allylic oxidation sites excluding steroid dienone is 7. The van der Waals surface area contributed by atoms with E-state index >= 15 is 0 Å². The maximum absolute atomic E-state index is 12.9. The number of carbonyl (C=O) groups is 1. The number of unbranched alkanes of at least 4 members (excludes halogenated alkanes) is 39. The molecular weight excluding hydrogens is 924 g/mol. The molecule has 0 aliphatic heterocycles. The number of nitrogens with zero attached hydrogens (tertiary/aromatic N) is 1. The molecule has 9 heteroatoms. The molecule has 0 aromatic heterocycles. The van der Waals surface area contributed by atoms with Crippen LogP contribution in [-0.4, -0.2) is 68.5 Å². The number of hydrogen-bond acceptors (Lipinski definition) is 6. The summed E-state index contributed by atoms with van der Waals surface area (Å²) in [5, 5.41) is 13.8. The Morgan fingerprint density at radius 3 is 1.19 bits per heavy atom. The monoisotopic (exact) mass is 1050 g/mol. The predicted octanol–water partition coefficient (Wildman–Crippen LogP) is 18.9. The van der Waals surface area contributed by atoms with Crippen LogP contribution in [0.5, 0.6) is 0 Å². The largest absolute Gasteiger partial charge is 0.756 e. The Hall–Kier alpha value is -1.54. The van der Waals surface area contributed by atoms with E-state index < -0.39 is 26.6 Å². The van der Waals surface area contributed by atoms with E-state index in [0.29, 0.717) is 17.4 Å². The SMILES string of the molecule is CCCCCCC/C=C\C/C=C\CCCCCCCCCCCCCCCCCCCCCCCCCCCCCC(=O)NC(COP(=O)([O-])OCC[N+](C)(C)C)C(O)/C=C/CC/C=C/CCCCCCCC. The van der Waals surface area contributed by atoms with Gasteiger partial charge in [0, 0.05) is 6.42 Å². The van der Waals surface area contributed by atoms with Crippen molar-refractivity contribution in [3.63, 3.8) is 0 Å². The summed E-state index contributed by atoms with van der Waals surface area (Å²) in [5.41, 5.74) is 0. The Labute approximate surface area is 454 Å². The van der Waals surface area contributed by atoms with Crippen LogP contribution in [0.15, 0.2) is 48.6 Å². The van der Waals surface area contributed by atoms with Crippen molar-refractivity contribution in [1.82, 2.24) is 5.32 Å². The molecule has 0 aromatic carbocycles. The van der Waals surface area contributed by atoms with Gasteiger partial charge in [0.2, 0.25) is 5.91 Å². The molecule has 0 saturated carbocycles. The zero-order chi connectivity index (χ0) is 53.5. The second-order valence-electron chi connectivity index (χ2n) is 22.8. The minimum absolute atomic E-state index is 0.00530. The maximum atomic E-state index is 12.9. The van der Waals surface area contributed by atoms with E-state index in [-0.39, 0.29) is 12.5 Å². The van der Waals surface area contributed by atoms with Gasteiger partial charge in [0.15, 0.2) is 0 Å². The summed E-state index contributed by atoms with van der Waals surface area (Å²) in [6, 6.07) is -0.901. The van der Waals surface area contributed by atoms with E-state index in [1.54, 1.807) is 6.08 Å². The highest BCUT2D eigenvalue weighted by molar-refractivity contribution is 7.45. The van der Waals surface area contributed by atoms with Crippen molar-refractivity contribution < 1.29 is 32.9 Å². The fourth-order valence-electron chi connectivity index (χ4n) is 9.32. The normalized spacial score (nSPS) is 14.1. The van der Waals surface area contributed by atoms with E-state index in [9.17, 15) is 19.4 Å². The second-order valence-corrected chi connectivity index (χ2v) is 24.2. The van der Waals surface area contributed by atoms with E-state index in [4.69, 9.17) is 9.05 Å². The summed E-state index contributed by atoms with van der Waals surface area (Å²) >= 11 is 0. The average Bonchev–Trinajstić information content (AvgIpc) is 3.35. The van der Waals surface area contributed by atoms with E-state index in [2.05, 4.69) is 55.6 Å². The predicted molar refractivity (Wildman–Crippen MR) is 316 cm³/mol. The van der Waals surface area contributed by atoms with Crippen LogP contribution in [0.1, 0.15) is 303 Å². The van der Waals surface area contributed by atoms with E-state index in [1.807, 2.05) is 27.2 Å². The molecule has 0 spiro atoms. The minimum atomic E-state index is -4.60. The van der Waals surface area contributed by atoms with Crippen LogP contribution < -0.4 is 10.2 Å². The first-order chi connectivity index (χ1) is 35.5. The van der Waals surface area contributed by atoms with Crippen molar-refractivity contribution in [2.24, 2.45) is 0 Å². The molecule has 0 aliphatic carbocycles. The molecule has 0 fully saturated rings. The van der Waals surface area contributed by atoms with Crippen LogP contribution in [0.4, 0.5) is 0 Å². The van der Waals surface area contributed by atoms with Crippen molar-refractivity contribution in [3.05, 3.63) is 48.6 Å². The van der Waals surface area contributed by atoms with Gasteiger partial charge in [0.05, 0.1) is 39.9 Å². The van der Waals surface area contributed by atoms with Crippen LogP contribution in [0, 0.1) is 0 Å². The molecule has 0 bridgehead atoms. The van der Waals surface area contributed by atoms with Gasteiger partial charge in [-0.05, 0) is 64.2 Å². The minimum Gasteiger partial charge on any atom is -0.756 e. The number of aliphatic hydroxyl groups is 1. The van der Waals surface area contributed by atoms with Crippen molar-refractivity contribution in [2.45, 2.75) is 315 Å². The van der Waals surface area contributed by atoms with Crippen LogP contribution >= 0.6 is 7.82 Å². The van der Waals surface area contributed by atoms with Crippen molar-refractivity contribution in [3.8, 4) is 0 Å². The molecule has 0 aromatic rings. The van der Waals surface area contributed by atoms with Crippen molar-refractivity contribution in [1.29, 1.82) is 0 Å². The molecule has 0 heterocycles. The molecule has 0 saturated heterocycles. The highest BCUT2D eigenvalue weighted by atomic mass is 31.2. The average molecular weight is 1050 g/mol. The summed E-state index contributed by atoms with van der Waals surface area (Å²) < 4.78 is 23.3. The lowest BCUT2D eigenvalue weighted by Crippen LogP contribution is -2.45. The molecule has 2 N–H and O–H groups in total. The van der Waals surface area contributed by atoms with Crippen LogP contribution in [0.3, 0.4) is 0 Å². The summed E-state index contributed by atoms with van der Waals surface area (Å²) in [7, 11) is 1.25. The highest BCUT2D eigenvalue weighted by Crippen LogP contribution is 2.38. The Balaban J connectivity index is 3.86. The topological polar surface area (TPSA) is 108 Å². The second kappa shape index (κ2) is 55.2. The summed E-state index contributed by atoms with van der Waals surface area (Å²) in [6.07, 6.45) is 73.8. The highest BCUT2D eigenvalue weighted by Gasteiger charge is 2.23. The maximum Gasteiger partial charge on any atom is 0.268 e. The molecule has 8 nitrogen and oxygen atoms in total. The number of quaternary nitrogens is 1. The number of likely N-dealkylation sites (N-methyl/N-ethyl adjacent to an activating group) is 1. The van der Waals surface area contributed by atoms with E-state index in [0.717, 1.165) is 44.9 Å². The Bertz CT molecular complexity index is 1330. The van der Waals surface area contributed by atoms with Gasteiger partial charge in [0.25, 0.3) is 7.82 Å². The van der Waals surface area contributed by atoms with Gasteiger partial charge in [-0.1, -0.05) is 281 Å². The van der Waals surface area contributed by atoms with Crippen molar-refractivity contribution >= 4 is 13.7 Å². The number of phosphoric acid groups is 1. The van der Waals surface area contributed by atoms with Gasteiger partial charge in [-0.15, -0.1) is 0 Å². The number of aliphatic hydroxyl groups excluding tert-OH is 1. The fraction of sp³-hybridized carbons (Fsp3) is 0.859. The van der Waals surface area contributed by atoms with Gasteiger partial charge in [-0.3, -0.25) is 9.36 Å². The number of amides is 1. The zero-order valence-corrected chi connectivity index (χ0v) is 50.0. The molecular formula is C64H123N2O6P. The number of rotatable bonds is 58. The molecule has 73 heavy (non-hydrogen) atoms. The lowest BCUT2D eigenvalue weighted by molar-refractivity contribution is -0.870. The van der Waals surface area contributed by atoms with Gasteiger partial charge < -0.3 is 28.8 Å². The Morgan fingerprint density at radius 1 is 0.479 bits per heavy atom. The third-order valence-corrected chi connectivity index (χ3v) is 15.2. The van der Waals surface area contributed by atoms with Crippen LogP contribution in [0.25, 0.3) is 0 Å². The van der Waals surface area contributed by atoms with Gasteiger partial charge >= 0.3 is 0 Å². The van der Waals surface area contributed by atoms with Gasteiger partial charge in [-0.25, -0.2) is 0 Å². The summed E-state index contributed by atoms with van der Waals surface area (Å²) in [6.45, 7) is 4.62. The lowest BCUT2D eigenvalue weighted by Gasteiger charge is -2.29. The van der Waals surface area contributed by atoms with Crippen LogP contribution in [0.2, 0.25) is 0 Å². The van der Waals surface area contributed by atoms with Gasteiger partial charge in [0.1, 0.15) is 13.2 Å². The number of phosphoric ester groups is 1. The first-order valence-electron chi connectivity index (χ1n) is 31.5. The molecule has 1 amide bonds. The number of hydrogen-bond donors (Lipinski definition) is 2. The lowest BCUT2D eigenvalue weighted by atomic mass is 10.0. The molecule has 3 atom stereocenters. The molecule has 430 valence electrons. The fourth-order valence-corrected chi connectivity index (χ4v) is 10.0. The van der Waals surface area contributed by atoms with Crippen LogP contribution in [-0.2, 0) is 18.4 Å². The Kier molecular flexibility index (Phi) is 54.1. The molecule has 0 rings (SSSR count). The standard InChI is InChI=1S/C64H123N2O6P/c1-6-8-10-12-14-16-18-20-21-22-23-24-25-26-27-28-29-30-31-32-33-34-35-36-37-38-39-40-41-42-43-44-45-46-48-50-52-54-56-58-64(68)65-62(61-72-73(69,70)71-60-59-66(3,4)5)63(67)57-55-53-51-49-47-19-17-15-13-11-9-7-2/h18,20,22-23,47,49,55,57,62-63,67H,6-17,19,21,24-46,48,50-54,56,58-61H2,1-5H3,(H-,65,68,69,70)/b20-18-,23-22-,49-47+,57-55+. The summed E-state index contributed by atoms with van der Waals surface area (Å²) in [4.78, 5) is 25.4. The summed E-state index contributed by atoms with van der Waals surface area (Å²) in [5.74, 6) is -0.204. The third kappa shape index (κ3) is 58.0. The molecule has 0 aliphatic rings. The van der Waals surface area contributed by atoms with Gasteiger partial charge in [-0.2, -0.15) is 0 Å². The third-order valence-electron chi connectivity index (χ3n) is 14.3.